The van der Waals surface area contributed by atoms with Crippen LogP contribution in [0.4, 0.5) is 4.39 Å². The van der Waals surface area contributed by atoms with Crippen molar-refractivity contribution in [3.8, 4) is 5.69 Å². The number of aromatic nitrogens is 6. The van der Waals surface area contributed by atoms with Crippen LogP contribution < -0.4 is 5.69 Å². The first-order valence-electron chi connectivity index (χ1n) is 9.00. The number of imidazole rings is 1. The number of benzene rings is 1. The van der Waals surface area contributed by atoms with Crippen LogP contribution in [-0.4, -0.2) is 52.2 Å². The van der Waals surface area contributed by atoms with Crippen LogP contribution in [0.15, 0.2) is 35.3 Å². The molecule has 0 bridgehead atoms. The van der Waals surface area contributed by atoms with Crippen LogP contribution in [0.2, 0.25) is 0 Å². The van der Waals surface area contributed by atoms with E-state index in [1.165, 1.54) is 16.7 Å². The number of aliphatic hydroxyl groups is 2. The van der Waals surface area contributed by atoms with E-state index in [1.54, 1.807) is 25.3 Å². The van der Waals surface area contributed by atoms with E-state index in [-0.39, 0.29) is 12.4 Å². The zero-order chi connectivity index (χ0) is 20.3. The standard InChI is InChI=1S/C19H17FN6O3/c1-9-15(5-13-18(22-9)25(19(29)23-13)7-11(28)8-27)26-14-3-2-10(20)4-12(14)17-16(26)6-21-24-17/h2-6,11,27-28H,7-8H2,1H3,(H,21,24)(H,23,29). The lowest BCUT2D eigenvalue weighted by atomic mass is 10.2. The smallest absolute Gasteiger partial charge is 0.327 e. The Bertz CT molecular complexity index is 1440. The largest absolute Gasteiger partial charge is 0.394 e. The third-order valence-electron chi connectivity index (χ3n) is 5.08. The zero-order valence-corrected chi connectivity index (χ0v) is 15.3. The monoisotopic (exact) mass is 396 g/mol. The van der Waals surface area contributed by atoms with E-state index in [1.807, 2.05) is 4.57 Å². The normalized spacial score (nSPS) is 13.1. The topological polar surface area (TPSA) is 125 Å². The van der Waals surface area contributed by atoms with Crippen LogP contribution in [0.3, 0.4) is 0 Å². The molecule has 0 spiro atoms. The maximum atomic E-state index is 13.8. The molecule has 1 aromatic carbocycles. The van der Waals surface area contributed by atoms with E-state index in [0.29, 0.717) is 33.4 Å². The maximum absolute atomic E-state index is 13.8. The molecule has 148 valence electrons. The van der Waals surface area contributed by atoms with Gasteiger partial charge >= 0.3 is 5.69 Å². The van der Waals surface area contributed by atoms with Gasteiger partial charge in [0.2, 0.25) is 0 Å². The number of pyridine rings is 1. The minimum Gasteiger partial charge on any atom is -0.394 e. The molecule has 1 unspecified atom stereocenters. The Hall–Kier alpha value is -3.50. The fourth-order valence-electron chi connectivity index (χ4n) is 3.76. The highest BCUT2D eigenvalue weighted by molar-refractivity contribution is 6.07. The van der Waals surface area contributed by atoms with Gasteiger partial charge in [-0.15, -0.1) is 0 Å². The summed E-state index contributed by atoms with van der Waals surface area (Å²) in [6.45, 7) is 1.28. The number of aromatic amines is 2. The van der Waals surface area contributed by atoms with Gasteiger partial charge in [0.15, 0.2) is 5.65 Å². The van der Waals surface area contributed by atoms with E-state index in [2.05, 4.69) is 20.2 Å². The van der Waals surface area contributed by atoms with Crippen molar-refractivity contribution in [1.29, 1.82) is 0 Å². The molecule has 4 heterocycles. The average molecular weight is 396 g/mol. The molecule has 9 nitrogen and oxygen atoms in total. The fourth-order valence-corrected chi connectivity index (χ4v) is 3.76. The first kappa shape index (κ1) is 17.6. The molecule has 10 heteroatoms. The molecule has 4 N–H and O–H groups in total. The second-order valence-corrected chi connectivity index (χ2v) is 6.97. The predicted molar refractivity (Wildman–Crippen MR) is 105 cm³/mol. The van der Waals surface area contributed by atoms with Crippen LogP contribution in [-0.2, 0) is 6.54 Å². The number of nitrogens with one attached hydrogen (secondary N) is 2. The summed E-state index contributed by atoms with van der Waals surface area (Å²) in [5.74, 6) is -0.347. The van der Waals surface area contributed by atoms with Gasteiger partial charge in [-0.25, -0.2) is 14.2 Å². The third kappa shape index (κ3) is 2.57. The van der Waals surface area contributed by atoms with E-state index >= 15 is 0 Å². The maximum Gasteiger partial charge on any atom is 0.327 e. The second kappa shape index (κ2) is 6.26. The number of hydrogen-bond donors (Lipinski definition) is 4. The summed E-state index contributed by atoms with van der Waals surface area (Å²) in [5, 5.41) is 26.5. The number of aryl methyl sites for hydroxylation is 1. The van der Waals surface area contributed by atoms with Gasteiger partial charge in [-0.2, -0.15) is 5.10 Å². The van der Waals surface area contributed by atoms with Gasteiger partial charge in [-0.05, 0) is 31.2 Å². The number of aliphatic hydroxyl groups excluding tert-OH is 2. The zero-order valence-electron chi connectivity index (χ0n) is 15.3. The molecule has 0 fully saturated rings. The first-order valence-corrected chi connectivity index (χ1v) is 9.00. The fraction of sp³-hybridized carbons (Fsp3) is 0.211. The van der Waals surface area contributed by atoms with Crippen LogP contribution >= 0.6 is 0 Å². The molecule has 5 rings (SSSR count). The summed E-state index contributed by atoms with van der Waals surface area (Å²) in [6.07, 6.45) is 0.588. The van der Waals surface area contributed by atoms with E-state index < -0.39 is 18.4 Å². The summed E-state index contributed by atoms with van der Waals surface area (Å²) in [6, 6.07) is 6.31. The van der Waals surface area contributed by atoms with Gasteiger partial charge in [0.1, 0.15) is 5.82 Å². The Morgan fingerprint density at radius 1 is 1.28 bits per heavy atom. The third-order valence-corrected chi connectivity index (χ3v) is 5.08. The molecule has 0 aliphatic rings. The van der Waals surface area contributed by atoms with Crippen molar-refractivity contribution in [3.63, 3.8) is 0 Å². The molecule has 4 aromatic heterocycles. The minimum atomic E-state index is -1.07. The second-order valence-electron chi connectivity index (χ2n) is 6.97. The Morgan fingerprint density at radius 3 is 2.90 bits per heavy atom. The molecule has 0 saturated carbocycles. The number of rotatable bonds is 4. The molecule has 0 saturated heterocycles. The van der Waals surface area contributed by atoms with Crippen LogP contribution in [0, 0.1) is 12.7 Å². The van der Waals surface area contributed by atoms with Crippen molar-refractivity contribution in [1.82, 2.24) is 29.3 Å². The van der Waals surface area contributed by atoms with Crippen molar-refractivity contribution in [3.05, 3.63) is 52.5 Å². The van der Waals surface area contributed by atoms with Crippen molar-refractivity contribution in [2.45, 2.75) is 19.6 Å². The van der Waals surface area contributed by atoms with Crippen molar-refractivity contribution < 1.29 is 14.6 Å². The predicted octanol–water partition coefficient (Wildman–Crippen LogP) is 1.35. The molecule has 1 atom stereocenters. The molecular formula is C19H17FN6O3. The van der Waals surface area contributed by atoms with Gasteiger partial charge in [-0.1, -0.05) is 0 Å². The Balaban J connectivity index is 1.79. The quantitative estimate of drug-likeness (QED) is 0.365. The SMILES string of the molecule is Cc1nc2c(cc1-n1c3ccc(F)cc3c3[nH]ncc31)[nH]c(=O)n2CC(O)CO. The number of H-pyrrole nitrogens is 2. The first-order chi connectivity index (χ1) is 14.0. The lowest BCUT2D eigenvalue weighted by Gasteiger charge is -2.11. The lowest BCUT2D eigenvalue weighted by molar-refractivity contribution is 0.0813. The van der Waals surface area contributed by atoms with Gasteiger partial charge in [0.05, 0.1) is 58.9 Å². The molecule has 29 heavy (non-hydrogen) atoms. The molecular weight excluding hydrogens is 379 g/mol. The summed E-state index contributed by atoms with van der Waals surface area (Å²) in [7, 11) is 0. The molecule has 5 aromatic rings. The van der Waals surface area contributed by atoms with Gasteiger partial charge in [-0.3, -0.25) is 9.67 Å². The summed E-state index contributed by atoms with van der Waals surface area (Å²) < 4.78 is 17.0. The molecule has 0 aliphatic heterocycles. The van der Waals surface area contributed by atoms with Gasteiger partial charge < -0.3 is 19.8 Å². The highest BCUT2D eigenvalue weighted by Crippen LogP contribution is 2.32. The van der Waals surface area contributed by atoms with Crippen molar-refractivity contribution in [2.75, 3.05) is 6.61 Å². The van der Waals surface area contributed by atoms with Gasteiger partial charge in [0, 0.05) is 5.39 Å². The minimum absolute atomic E-state index is 0.0706. The van der Waals surface area contributed by atoms with Crippen LogP contribution in [0.1, 0.15) is 5.69 Å². The summed E-state index contributed by atoms with van der Waals surface area (Å²) in [4.78, 5) is 19.6. The highest BCUT2D eigenvalue weighted by Gasteiger charge is 2.19. The average Bonchev–Trinajstić information content (AvgIpc) is 3.35. The van der Waals surface area contributed by atoms with Crippen LogP contribution in [0.25, 0.3) is 38.8 Å². The Labute approximate surface area is 162 Å². The Kier molecular flexibility index (Phi) is 3.80. The summed E-state index contributed by atoms with van der Waals surface area (Å²) >= 11 is 0. The van der Waals surface area contributed by atoms with Crippen LogP contribution in [0.5, 0.6) is 0 Å². The molecule has 0 radical (unpaired) electrons. The highest BCUT2D eigenvalue weighted by atomic mass is 19.1. The van der Waals surface area contributed by atoms with Crippen molar-refractivity contribution in [2.24, 2.45) is 0 Å². The number of nitrogens with zero attached hydrogens (tertiary/aromatic N) is 4. The lowest BCUT2D eigenvalue weighted by Crippen LogP contribution is -2.27. The van der Waals surface area contributed by atoms with E-state index in [9.17, 15) is 14.3 Å². The molecule has 0 aliphatic carbocycles. The Morgan fingerprint density at radius 2 is 2.10 bits per heavy atom. The number of halogens is 1. The number of fused-ring (bicyclic) bond motifs is 4. The van der Waals surface area contributed by atoms with Gasteiger partial charge in [0.25, 0.3) is 0 Å². The number of hydrogen-bond acceptors (Lipinski definition) is 5. The van der Waals surface area contributed by atoms with Crippen molar-refractivity contribution >= 4 is 33.1 Å². The molecule has 0 amide bonds. The van der Waals surface area contributed by atoms with E-state index in [0.717, 1.165) is 11.0 Å². The van der Waals surface area contributed by atoms with E-state index in [4.69, 9.17) is 5.11 Å². The summed E-state index contributed by atoms with van der Waals surface area (Å²) in [5.41, 5.74) is 4.02.